The molecule has 0 spiro atoms. The fraction of sp³-hybridized carbons (Fsp3) is 0.346. The van der Waals surface area contributed by atoms with E-state index < -0.39 is 0 Å². The first-order chi connectivity index (χ1) is 15.0. The van der Waals surface area contributed by atoms with Crippen LogP contribution >= 0.6 is 0 Å². The number of piperazine rings is 1. The Morgan fingerprint density at radius 3 is 2.84 bits per heavy atom. The van der Waals surface area contributed by atoms with E-state index in [2.05, 4.69) is 72.4 Å². The monoisotopic (exact) mass is 415 g/mol. The normalized spacial score (nSPS) is 21.7. The summed E-state index contributed by atoms with van der Waals surface area (Å²) in [6.07, 6.45) is 9.45. The molecule has 0 saturated carbocycles. The Morgan fingerprint density at radius 1 is 1.13 bits per heavy atom. The third-order valence-corrected chi connectivity index (χ3v) is 6.45. The van der Waals surface area contributed by atoms with Crippen molar-refractivity contribution in [3.8, 4) is 0 Å². The largest absolute Gasteiger partial charge is 0.422 e. The molecule has 0 bridgehead atoms. The van der Waals surface area contributed by atoms with Crippen molar-refractivity contribution in [1.29, 1.82) is 0 Å². The number of rotatable bonds is 2. The number of benzene rings is 1. The highest BCUT2D eigenvalue weighted by molar-refractivity contribution is 5.86. The predicted octanol–water partition coefficient (Wildman–Crippen LogP) is 4.43. The second kappa shape index (κ2) is 7.89. The lowest BCUT2D eigenvalue weighted by molar-refractivity contribution is 0.480. The van der Waals surface area contributed by atoms with E-state index in [9.17, 15) is 4.79 Å². The van der Waals surface area contributed by atoms with Crippen molar-refractivity contribution in [3.05, 3.63) is 81.5 Å². The lowest BCUT2D eigenvalue weighted by atomic mass is 9.98. The van der Waals surface area contributed by atoms with Gasteiger partial charge in [0, 0.05) is 61.3 Å². The van der Waals surface area contributed by atoms with Gasteiger partial charge >= 0.3 is 5.63 Å². The Hall–Kier alpha value is -3.05. The van der Waals surface area contributed by atoms with Gasteiger partial charge in [0.05, 0.1) is 5.56 Å². The molecule has 5 nitrogen and oxygen atoms in total. The Balaban J connectivity index is 1.55. The van der Waals surface area contributed by atoms with Gasteiger partial charge in [-0.15, -0.1) is 0 Å². The van der Waals surface area contributed by atoms with Crippen LogP contribution in [0.5, 0.6) is 0 Å². The summed E-state index contributed by atoms with van der Waals surface area (Å²) in [5.74, 6) is 0. The molecule has 1 fully saturated rings. The minimum atomic E-state index is -0.273. The van der Waals surface area contributed by atoms with Gasteiger partial charge in [0.25, 0.3) is 0 Å². The molecule has 1 saturated heterocycles. The van der Waals surface area contributed by atoms with Crippen LogP contribution in [-0.2, 0) is 0 Å². The molecule has 2 aromatic rings. The highest BCUT2D eigenvalue weighted by atomic mass is 16.4. The molecule has 0 radical (unpaired) electrons. The van der Waals surface area contributed by atoms with E-state index in [1.54, 1.807) is 0 Å². The quantitative estimate of drug-likeness (QED) is 0.736. The molecule has 0 aliphatic carbocycles. The van der Waals surface area contributed by atoms with E-state index in [4.69, 9.17) is 4.42 Å². The molecule has 1 atom stereocenters. The SMILES string of the molecule is CC1=CC2=CC(c3cc4ccc(N5CCNC(C)C5)cc4oc3=O)=C(C)CCN2C=C1. The summed E-state index contributed by atoms with van der Waals surface area (Å²) in [7, 11) is 0. The Labute approximate surface area is 183 Å². The number of fused-ring (bicyclic) bond motifs is 2. The Kier molecular flexibility index (Phi) is 5.06. The van der Waals surface area contributed by atoms with Crippen molar-refractivity contribution < 1.29 is 4.42 Å². The van der Waals surface area contributed by atoms with Crippen LogP contribution in [0.4, 0.5) is 5.69 Å². The fourth-order valence-electron chi connectivity index (χ4n) is 4.64. The van der Waals surface area contributed by atoms with Gasteiger partial charge in [-0.2, -0.15) is 0 Å². The zero-order chi connectivity index (χ0) is 21.5. The number of anilines is 1. The van der Waals surface area contributed by atoms with Gasteiger partial charge in [0.2, 0.25) is 0 Å². The zero-order valence-corrected chi connectivity index (χ0v) is 18.4. The van der Waals surface area contributed by atoms with Gasteiger partial charge in [0.1, 0.15) is 5.58 Å². The molecule has 5 heteroatoms. The predicted molar refractivity (Wildman–Crippen MR) is 127 cm³/mol. The summed E-state index contributed by atoms with van der Waals surface area (Å²) in [6, 6.07) is 8.65. The van der Waals surface area contributed by atoms with Gasteiger partial charge in [-0.3, -0.25) is 0 Å². The van der Waals surface area contributed by atoms with Gasteiger partial charge < -0.3 is 19.5 Å². The highest BCUT2D eigenvalue weighted by Gasteiger charge is 2.20. The number of allylic oxidation sites excluding steroid dienone is 5. The molecule has 5 rings (SSSR count). The molecular formula is C26H29N3O2. The second-order valence-electron chi connectivity index (χ2n) is 8.88. The van der Waals surface area contributed by atoms with E-state index in [-0.39, 0.29) is 5.63 Å². The number of hydrogen-bond acceptors (Lipinski definition) is 5. The first-order valence-electron chi connectivity index (χ1n) is 11.1. The molecule has 4 heterocycles. The standard InChI is InChI=1S/C26H29N3O2/c1-17-6-9-28-10-7-18(2)23(14-22(28)12-17)24-13-20-4-5-21(15-25(20)31-26(24)30)29-11-8-27-19(3)16-29/h4-6,9,12-15,19,27H,7-8,10-11,16H2,1-3H3. The van der Waals surface area contributed by atoms with Crippen molar-refractivity contribution in [3.63, 3.8) is 0 Å². The van der Waals surface area contributed by atoms with Crippen molar-refractivity contribution in [2.24, 2.45) is 0 Å². The number of nitrogens with zero attached hydrogens (tertiary/aromatic N) is 2. The van der Waals surface area contributed by atoms with E-state index in [1.165, 1.54) is 11.1 Å². The summed E-state index contributed by atoms with van der Waals surface area (Å²) >= 11 is 0. The molecule has 3 aliphatic rings. The first kappa shape index (κ1) is 19.9. The third kappa shape index (κ3) is 3.86. The Bertz CT molecular complexity index is 1210. The van der Waals surface area contributed by atoms with Crippen molar-refractivity contribution in [1.82, 2.24) is 10.2 Å². The molecule has 0 amide bonds. The van der Waals surface area contributed by atoms with E-state index in [0.29, 0.717) is 17.2 Å². The summed E-state index contributed by atoms with van der Waals surface area (Å²) in [4.78, 5) is 17.6. The van der Waals surface area contributed by atoms with E-state index in [1.807, 2.05) is 12.1 Å². The van der Waals surface area contributed by atoms with Crippen LogP contribution in [0.3, 0.4) is 0 Å². The van der Waals surface area contributed by atoms with Crippen molar-refractivity contribution in [2.75, 3.05) is 31.1 Å². The molecule has 1 unspecified atom stereocenters. The number of hydrogen-bond donors (Lipinski definition) is 1. The van der Waals surface area contributed by atoms with Crippen LogP contribution in [0.25, 0.3) is 16.5 Å². The van der Waals surface area contributed by atoms with Crippen LogP contribution < -0.4 is 15.8 Å². The van der Waals surface area contributed by atoms with Crippen LogP contribution in [0.15, 0.2) is 74.7 Å². The Morgan fingerprint density at radius 2 is 2.00 bits per heavy atom. The first-order valence-corrected chi connectivity index (χ1v) is 11.1. The average Bonchev–Trinajstić information content (AvgIpc) is 2.91. The minimum absolute atomic E-state index is 0.273. The van der Waals surface area contributed by atoms with Crippen LogP contribution in [0, 0.1) is 0 Å². The second-order valence-corrected chi connectivity index (χ2v) is 8.88. The van der Waals surface area contributed by atoms with Gasteiger partial charge in [-0.05, 0) is 74.8 Å². The van der Waals surface area contributed by atoms with Crippen LogP contribution in [0.2, 0.25) is 0 Å². The summed E-state index contributed by atoms with van der Waals surface area (Å²) in [5, 5.41) is 4.42. The topological polar surface area (TPSA) is 48.7 Å². The zero-order valence-electron chi connectivity index (χ0n) is 18.4. The molecule has 1 aromatic carbocycles. The summed E-state index contributed by atoms with van der Waals surface area (Å²) in [5.41, 5.74) is 6.64. The van der Waals surface area contributed by atoms with Crippen molar-refractivity contribution >= 4 is 22.2 Å². The maximum atomic E-state index is 13.1. The lowest BCUT2D eigenvalue weighted by Crippen LogP contribution is -2.49. The third-order valence-electron chi connectivity index (χ3n) is 6.45. The molecule has 1 N–H and O–H groups in total. The highest BCUT2D eigenvalue weighted by Crippen LogP contribution is 2.31. The molecule has 3 aliphatic heterocycles. The average molecular weight is 416 g/mol. The van der Waals surface area contributed by atoms with Gasteiger partial charge in [-0.25, -0.2) is 4.79 Å². The van der Waals surface area contributed by atoms with Crippen LogP contribution in [-0.4, -0.2) is 37.1 Å². The molecule has 1 aromatic heterocycles. The molecule has 160 valence electrons. The fourth-order valence-corrected chi connectivity index (χ4v) is 4.64. The van der Waals surface area contributed by atoms with Crippen molar-refractivity contribution in [2.45, 2.75) is 33.2 Å². The van der Waals surface area contributed by atoms with E-state index >= 15 is 0 Å². The lowest BCUT2D eigenvalue weighted by Gasteiger charge is -2.33. The van der Waals surface area contributed by atoms with Gasteiger partial charge in [-0.1, -0.05) is 5.57 Å². The van der Waals surface area contributed by atoms with Gasteiger partial charge in [0.15, 0.2) is 0 Å². The van der Waals surface area contributed by atoms with E-state index in [0.717, 1.165) is 54.9 Å². The summed E-state index contributed by atoms with van der Waals surface area (Å²) < 4.78 is 5.85. The maximum absolute atomic E-state index is 13.1. The molecular weight excluding hydrogens is 386 g/mol. The summed E-state index contributed by atoms with van der Waals surface area (Å²) in [6.45, 7) is 10.2. The number of nitrogens with one attached hydrogen (secondary N) is 1. The minimum Gasteiger partial charge on any atom is -0.422 e. The smallest absolute Gasteiger partial charge is 0.344 e. The maximum Gasteiger partial charge on any atom is 0.344 e. The molecule has 31 heavy (non-hydrogen) atoms. The van der Waals surface area contributed by atoms with Crippen LogP contribution in [0.1, 0.15) is 32.8 Å².